The van der Waals surface area contributed by atoms with Crippen molar-refractivity contribution in [3.63, 3.8) is 0 Å². The molecule has 1 aromatic rings. The van der Waals surface area contributed by atoms with Crippen molar-refractivity contribution in [2.75, 3.05) is 32.6 Å². The molecule has 6 nitrogen and oxygen atoms in total. The third kappa shape index (κ3) is 6.84. The van der Waals surface area contributed by atoms with Gasteiger partial charge in [-0.15, -0.1) is 0 Å². The molecule has 0 aromatic heterocycles. The highest BCUT2D eigenvalue weighted by Gasteiger charge is 2.38. The van der Waals surface area contributed by atoms with Crippen LogP contribution in [0.1, 0.15) is 40.5 Å². The summed E-state index contributed by atoms with van der Waals surface area (Å²) in [6, 6.07) is 7.46. The van der Waals surface area contributed by atoms with E-state index in [0.717, 1.165) is 30.8 Å². The molecule has 0 saturated carbocycles. The number of amides is 2. The molecule has 6 heteroatoms. The number of carbonyl (C=O) groups is 1. The molecule has 0 radical (unpaired) electrons. The van der Waals surface area contributed by atoms with Crippen molar-refractivity contribution in [3.8, 4) is 5.75 Å². The van der Waals surface area contributed by atoms with Gasteiger partial charge in [0.25, 0.3) is 0 Å². The molecule has 0 aliphatic carbocycles. The number of likely N-dealkylation sites (N-methyl/N-ethyl adjacent to an activating group) is 1. The molecule has 2 rings (SSSR count). The Morgan fingerprint density at radius 2 is 1.73 bits per heavy atom. The maximum Gasteiger partial charge on any atom is 0.319 e. The van der Waals surface area contributed by atoms with Crippen LogP contribution in [0.4, 0.5) is 10.5 Å². The van der Waals surface area contributed by atoms with E-state index >= 15 is 0 Å². The summed E-state index contributed by atoms with van der Waals surface area (Å²) in [5.41, 5.74) is 0.770. The molecule has 0 unspecified atom stereocenters. The van der Waals surface area contributed by atoms with E-state index in [-0.39, 0.29) is 23.2 Å². The van der Waals surface area contributed by atoms with Crippen LogP contribution in [0.5, 0.6) is 5.75 Å². The van der Waals surface area contributed by atoms with Crippen molar-refractivity contribution in [2.45, 2.75) is 57.7 Å². The molecule has 26 heavy (non-hydrogen) atoms. The molecule has 0 spiro atoms. The summed E-state index contributed by atoms with van der Waals surface area (Å²) in [5, 5.41) is 9.65. The van der Waals surface area contributed by atoms with E-state index in [4.69, 9.17) is 4.74 Å². The number of ether oxygens (including phenoxy) is 1. The Hall–Kier alpha value is -1.79. The predicted octanol–water partition coefficient (Wildman–Crippen LogP) is 3.06. The van der Waals surface area contributed by atoms with Crippen LogP contribution in [0.2, 0.25) is 0 Å². The van der Waals surface area contributed by atoms with Crippen LogP contribution in [0.15, 0.2) is 24.3 Å². The largest absolute Gasteiger partial charge is 0.492 e. The zero-order valence-corrected chi connectivity index (χ0v) is 17.0. The molecule has 1 fully saturated rings. The Labute approximate surface area is 157 Å². The van der Waals surface area contributed by atoms with Gasteiger partial charge in [-0.05, 0) is 78.9 Å². The minimum atomic E-state index is -0.162. The van der Waals surface area contributed by atoms with Gasteiger partial charge in [-0.2, -0.15) is 0 Å². The summed E-state index contributed by atoms with van der Waals surface area (Å²) in [7, 11) is 4.03. The van der Waals surface area contributed by atoms with E-state index in [0.29, 0.717) is 6.61 Å². The molecule has 0 atom stereocenters. The summed E-state index contributed by atoms with van der Waals surface area (Å²) in [5.74, 6) is 0.805. The normalized spacial score (nSPS) is 19.2. The highest BCUT2D eigenvalue weighted by molar-refractivity contribution is 5.89. The number of carbonyl (C=O) groups excluding carboxylic acids is 1. The Bertz CT molecular complexity index is 580. The Balaban J connectivity index is 1.84. The number of nitrogens with one attached hydrogen (secondary N) is 3. The van der Waals surface area contributed by atoms with Crippen LogP contribution < -0.4 is 20.7 Å². The average Bonchev–Trinajstić information content (AvgIpc) is 2.45. The molecular formula is C20H34N4O2. The zero-order chi connectivity index (χ0) is 19.4. The second-order valence-electron chi connectivity index (χ2n) is 8.77. The van der Waals surface area contributed by atoms with Gasteiger partial charge in [-0.25, -0.2) is 4.79 Å². The summed E-state index contributed by atoms with van der Waals surface area (Å²) < 4.78 is 5.67. The minimum absolute atomic E-state index is 0.00520. The predicted molar refractivity (Wildman–Crippen MR) is 107 cm³/mol. The number of hydrogen-bond acceptors (Lipinski definition) is 4. The van der Waals surface area contributed by atoms with E-state index in [1.807, 2.05) is 38.4 Å². The van der Waals surface area contributed by atoms with Gasteiger partial charge >= 0.3 is 6.03 Å². The summed E-state index contributed by atoms with van der Waals surface area (Å²) >= 11 is 0. The van der Waals surface area contributed by atoms with Gasteiger partial charge in [0.2, 0.25) is 0 Å². The number of benzene rings is 1. The summed E-state index contributed by atoms with van der Waals surface area (Å²) in [6.45, 7) is 10.2. The molecule has 2 amide bonds. The fourth-order valence-corrected chi connectivity index (χ4v) is 3.76. The van der Waals surface area contributed by atoms with Crippen molar-refractivity contribution in [1.82, 2.24) is 15.5 Å². The van der Waals surface area contributed by atoms with E-state index in [2.05, 4.69) is 48.5 Å². The van der Waals surface area contributed by atoms with E-state index in [1.165, 1.54) is 0 Å². The lowest BCUT2D eigenvalue weighted by Crippen LogP contribution is -2.62. The molecule has 3 N–H and O–H groups in total. The Morgan fingerprint density at radius 1 is 1.15 bits per heavy atom. The lowest BCUT2D eigenvalue weighted by atomic mass is 9.80. The van der Waals surface area contributed by atoms with E-state index in [1.54, 1.807) is 0 Å². The van der Waals surface area contributed by atoms with Gasteiger partial charge in [-0.1, -0.05) is 0 Å². The van der Waals surface area contributed by atoms with Gasteiger partial charge in [0, 0.05) is 29.4 Å². The first-order valence-corrected chi connectivity index (χ1v) is 9.29. The third-order valence-corrected chi connectivity index (χ3v) is 4.44. The van der Waals surface area contributed by atoms with Gasteiger partial charge < -0.3 is 25.6 Å². The van der Waals surface area contributed by atoms with Gasteiger partial charge in [0.15, 0.2) is 0 Å². The highest BCUT2D eigenvalue weighted by atomic mass is 16.5. The van der Waals surface area contributed by atoms with Gasteiger partial charge in [-0.3, -0.25) is 0 Å². The van der Waals surface area contributed by atoms with Crippen LogP contribution >= 0.6 is 0 Å². The fraction of sp³-hybridized carbons (Fsp3) is 0.650. The van der Waals surface area contributed by atoms with E-state index in [9.17, 15) is 4.79 Å². The molecule has 1 aliphatic heterocycles. The number of piperidine rings is 1. The van der Waals surface area contributed by atoms with Crippen molar-refractivity contribution >= 4 is 11.7 Å². The number of anilines is 1. The van der Waals surface area contributed by atoms with Crippen molar-refractivity contribution in [3.05, 3.63) is 24.3 Å². The number of nitrogens with zero attached hydrogens (tertiary/aromatic N) is 1. The fourth-order valence-electron chi connectivity index (χ4n) is 3.76. The van der Waals surface area contributed by atoms with Crippen LogP contribution in [0, 0.1) is 0 Å². The number of hydrogen-bond donors (Lipinski definition) is 3. The molecule has 0 bridgehead atoms. The van der Waals surface area contributed by atoms with Crippen molar-refractivity contribution in [2.24, 2.45) is 0 Å². The first-order valence-electron chi connectivity index (χ1n) is 9.29. The quantitative estimate of drug-likeness (QED) is 0.728. The first kappa shape index (κ1) is 20.5. The van der Waals surface area contributed by atoms with Crippen molar-refractivity contribution in [1.29, 1.82) is 0 Å². The summed E-state index contributed by atoms with van der Waals surface area (Å²) in [4.78, 5) is 14.4. The van der Waals surface area contributed by atoms with Crippen LogP contribution in [-0.4, -0.2) is 55.3 Å². The van der Waals surface area contributed by atoms with Crippen LogP contribution in [0.3, 0.4) is 0 Å². The highest BCUT2D eigenvalue weighted by Crippen LogP contribution is 2.28. The first-order chi connectivity index (χ1) is 12.0. The maximum atomic E-state index is 12.4. The van der Waals surface area contributed by atoms with Crippen LogP contribution in [-0.2, 0) is 0 Å². The zero-order valence-electron chi connectivity index (χ0n) is 17.0. The molecule has 146 valence electrons. The molecule has 1 heterocycles. The molecule has 1 aliphatic rings. The maximum absolute atomic E-state index is 12.4. The van der Waals surface area contributed by atoms with Gasteiger partial charge in [0.05, 0.1) is 0 Å². The lowest BCUT2D eigenvalue weighted by Gasteiger charge is -2.46. The van der Waals surface area contributed by atoms with E-state index < -0.39 is 0 Å². The second-order valence-corrected chi connectivity index (χ2v) is 8.77. The molecule has 1 saturated heterocycles. The topological polar surface area (TPSA) is 65.6 Å². The SMILES string of the molecule is CN(C)CCOc1ccc(NC(=O)NC2CC(C)(C)NC(C)(C)C2)cc1. The van der Waals surface area contributed by atoms with Crippen molar-refractivity contribution < 1.29 is 9.53 Å². The second kappa shape index (κ2) is 8.27. The molecule has 1 aromatic carbocycles. The smallest absolute Gasteiger partial charge is 0.319 e. The lowest BCUT2D eigenvalue weighted by molar-refractivity contribution is 0.149. The Kier molecular flexibility index (Phi) is 6.53. The third-order valence-electron chi connectivity index (χ3n) is 4.44. The number of rotatable bonds is 6. The molecular weight excluding hydrogens is 328 g/mol. The number of urea groups is 1. The summed E-state index contributed by atoms with van der Waals surface area (Å²) in [6.07, 6.45) is 1.81. The van der Waals surface area contributed by atoms with Gasteiger partial charge in [0.1, 0.15) is 12.4 Å². The Morgan fingerprint density at radius 3 is 2.27 bits per heavy atom. The standard InChI is InChI=1S/C20H34N4O2/c1-19(2)13-16(14-20(3,4)23-19)22-18(25)21-15-7-9-17(10-8-15)26-12-11-24(5)6/h7-10,16,23H,11-14H2,1-6H3,(H2,21,22,25). The van der Waals surface area contributed by atoms with Crippen LogP contribution in [0.25, 0.3) is 0 Å². The minimum Gasteiger partial charge on any atom is -0.492 e. The monoisotopic (exact) mass is 362 g/mol. The average molecular weight is 363 g/mol.